The monoisotopic (exact) mass is 755 g/mol. The third-order valence-corrected chi connectivity index (χ3v) is 12.9. The smallest absolute Gasteiger partial charge is 0.434 e. The van der Waals surface area contributed by atoms with Gasteiger partial charge < -0.3 is 9.47 Å². The van der Waals surface area contributed by atoms with Crippen LogP contribution in [0.15, 0.2) is 22.3 Å². The van der Waals surface area contributed by atoms with Crippen molar-refractivity contribution in [1.82, 2.24) is 0 Å². The number of carbonyl (C=O) groups is 3. The average Bonchev–Trinajstić information content (AvgIpc) is 3.13. The van der Waals surface area contributed by atoms with E-state index >= 15 is 0 Å². The molecule has 0 N–H and O–H groups in total. The van der Waals surface area contributed by atoms with Gasteiger partial charge in [-0.15, -0.1) is 0 Å². The minimum atomic E-state index is -0.496. The van der Waals surface area contributed by atoms with Gasteiger partial charge in [-0.3, -0.25) is 9.59 Å². The normalized spacial score (nSPS) is 17.1. The fraction of sp³-hybridized carbons (Fsp3) is 0.857. The number of hydrogen-bond donors (Lipinski definition) is 0. The third kappa shape index (κ3) is 20.8. The Morgan fingerprint density at radius 2 is 0.667 bits per heavy atom. The lowest BCUT2D eigenvalue weighted by molar-refractivity contribution is -0.117. The standard InChI is InChI=1S/C49H86O5/c1-41-43(48(3,4)37-35-45(41)50)33-29-25-21-17-13-9-7-11-15-19-23-27-31-39-53-47(52)54-40-32-28-24-20-16-12-8-10-14-18-22-26-30-34-44-42(2)46(51)36-38-49(44,5)6/h7-40H2,1-6H3. The zero-order chi connectivity index (χ0) is 39.5. The molecule has 0 unspecified atom stereocenters. The first-order valence-electron chi connectivity index (χ1n) is 23.2. The second kappa shape index (κ2) is 28.5. The molecular weight excluding hydrogens is 669 g/mol. The summed E-state index contributed by atoms with van der Waals surface area (Å²) in [6.07, 6.45) is 38.1. The fourth-order valence-corrected chi connectivity index (χ4v) is 8.98. The van der Waals surface area contributed by atoms with Crippen molar-refractivity contribution in [2.75, 3.05) is 13.2 Å². The Morgan fingerprint density at radius 1 is 0.426 bits per heavy atom. The van der Waals surface area contributed by atoms with Crippen LogP contribution in [0.2, 0.25) is 0 Å². The number of hydrogen-bond acceptors (Lipinski definition) is 5. The van der Waals surface area contributed by atoms with Crippen molar-refractivity contribution in [2.45, 2.75) is 247 Å². The summed E-state index contributed by atoms with van der Waals surface area (Å²) in [5.74, 6) is 0.745. The van der Waals surface area contributed by atoms with Crippen LogP contribution in [0.1, 0.15) is 247 Å². The van der Waals surface area contributed by atoms with E-state index in [0.717, 1.165) is 75.4 Å². The maximum Gasteiger partial charge on any atom is 0.508 e. The Bertz CT molecular complexity index is 1040. The van der Waals surface area contributed by atoms with E-state index in [1.807, 2.05) is 13.8 Å². The van der Waals surface area contributed by atoms with Crippen LogP contribution in [-0.2, 0) is 19.1 Å². The van der Waals surface area contributed by atoms with Crippen LogP contribution in [0.25, 0.3) is 0 Å². The molecule has 0 saturated heterocycles. The van der Waals surface area contributed by atoms with E-state index in [0.29, 0.717) is 24.8 Å². The first-order valence-corrected chi connectivity index (χ1v) is 23.2. The van der Waals surface area contributed by atoms with Crippen molar-refractivity contribution in [3.8, 4) is 0 Å². The van der Waals surface area contributed by atoms with Gasteiger partial charge in [0, 0.05) is 12.8 Å². The summed E-state index contributed by atoms with van der Waals surface area (Å²) >= 11 is 0. The maximum absolute atomic E-state index is 12.1. The Hall–Kier alpha value is -1.91. The second-order valence-corrected chi connectivity index (χ2v) is 18.5. The number of carbonyl (C=O) groups excluding carboxylic acids is 3. The Balaban J connectivity index is 1.24. The molecule has 0 aliphatic heterocycles. The Labute approximate surface area is 334 Å². The molecule has 0 heterocycles. The van der Waals surface area contributed by atoms with Crippen molar-refractivity contribution in [3.63, 3.8) is 0 Å². The topological polar surface area (TPSA) is 69.7 Å². The van der Waals surface area contributed by atoms with Crippen molar-refractivity contribution in [1.29, 1.82) is 0 Å². The predicted molar refractivity (Wildman–Crippen MR) is 228 cm³/mol. The minimum Gasteiger partial charge on any atom is -0.434 e. The SMILES string of the molecule is CC1=C(CCCCCCCCCCCCCCCOC(=O)OCCCCCCCCCCCCCCCC2=C(C)C(=O)CCC2(C)C)C(C)(C)CCC1=O. The molecule has 2 aliphatic carbocycles. The lowest BCUT2D eigenvalue weighted by Crippen LogP contribution is -2.25. The van der Waals surface area contributed by atoms with E-state index in [9.17, 15) is 14.4 Å². The largest absolute Gasteiger partial charge is 0.508 e. The molecular formula is C49H86O5. The minimum absolute atomic E-state index is 0.207. The first-order chi connectivity index (χ1) is 26.0. The third-order valence-electron chi connectivity index (χ3n) is 12.9. The molecule has 5 nitrogen and oxygen atoms in total. The lowest BCUT2D eigenvalue weighted by Gasteiger charge is -2.34. The molecule has 54 heavy (non-hydrogen) atoms. The molecule has 0 atom stereocenters. The van der Waals surface area contributed by atoms with Gasteiger partial charge in [0.1, 0.15) is 0 Å². The van der Waals surface area contributed by atoms with Crippen molar-refractivity contribution in [3.05, 3.63) is 22.3 Å². The van der Waals surface area contributed by atoms with Crippen molar-refractivity contribution in [2.24, 2.45) is 10.8 Å². The van der Waals surface area contributed by atoms with Gasteiger partial charge in [-0.2, -0.15) is 0 Å². The summed E-state index contributed by atoms with van der Waals surface area (Å²) in [5.41, 5.74) is 5.38. The van der Waals surface area contributed by atoms with Crippen LogP contribution in [0.3, 0.4) is 0 Å². The van der Waals surface area contributed by atoms with Crippen LogP contribution in [0.5, 0.6) is 0 Å². The highest BCUT2D eigenvalue weighted by molar-refractivity contribution is 5.97. The summed E-state index contributed by atoms with van der Waals surface area (Å²) in [6, 6.07) is 0. The van der Waals surface area contributed by atoms with Crippen LogP contribution < -0.4 is 0 Å². The Kier molecular flexibility index (Phi) is 25.4. The van der Waals surface area contributed by atoms with Gasteiger partial charge in [0.15, 0.2) is 11.6 Å². The van der Waals surface area contributed by atoms with Gasteiger partial charge in [-0.1, -0.05) is 180 Å². The van der Waals surface area contributed by atoms with E-state index in [1.54, 1.807) is 0 Å². The zero-order valence-corrected chi connectivity index (χ0v) is 36.6. The van der Waals surface area contributed by atoms with Gasteiger partial charge in [0.25, 0.3) is 0 Å². The second-order valence-electron chi connectivity index (χ2n) is 18.5. The number of unbranched alkanes of at least 4 members (excludes halogenated alkanes) is 24. The summed E-state index contributed by atoms with van der Waals surface area (Å²) in [6.45, 7) is 14.3. The van der Waals surface area contributed by atoms with Gasteiger partial charge in [0.2, 0.25) is 0 Å². The van der Waals surface area contributed by atoms with E-state index in [4.69, 9.17) is 9.47 Å². The molecule has 2 rings (SSSR count). The highest BCUT2D eigenvalue weighted by Gasteiger charge is 2.32. The molecule has 312 valence electrons. The lowest BCUT2D eigenvalue weighted by atomic mass is 9.70. The molecule has 0 aromatic heterocycles. The molecule has 0 aromatic carbocycles. The first kappa shape index (κ1) is 48.2. The van der Waals surface area contributed by atoms with E-state index in [1.165, 1.54) is 152 Å². The molecule has 0 aromatic rings. The quantitative estimate of drug-likeness (QED) is 0.0505. The van der Waals surface area contributed by atoms with Crippen LogP contribution in [0.4, 0.5) is 4.79 Å². The van der Waals surface area contributed by atoms with Gasteiger partial charge in [-0.25, -0.2) is 4.79 Å². The van der Waals surface area contributed by atoms with Crippen molar-refractivity contribution < 1.29 is 23.9 Å². The zero-order valence-electron chi connectivity index (χ0n) is 36.6. The van der Waals surface area contributed by atoms with Crippen LogP contribution in [-0.4, -0.2) is 30.9 Å². The number of ether oxygens (including phenoxy) is 2. The fourth-order valence-electron chi connectivity index (χ4n) is 8.98. The number of Topliss-reactive ketones (excluding diaryl/α,β-unsaturated/α-hetero) is 2. The predicted octanol–water partition coefficient (Wildman–Crippen LogP) is 15.5. The average molecular weight is 755 g/mol. The van der Waals surface area contributed by atoms with E-state index < -0.39 is 6.16 Å². The molecule has 2 aliphatic rings. The molecule has 5 heteroatoms. The van der Waals surface area contributed by atoms with Crippen LogP contribution >= 0.6 is 0 Å². The summed E-state index contributed by atoms with van der Waals surface area (Å²) < 4.78 is 10.5. The highest BCUT2D eigenvalue weighted by atomic mass is 16.7. The van der Waals surface area contributed by atoms with Crippen LogP contribution in [0, 0.1) is 10.8 Å². The summed E-state index contributed by atoms with van der Waals surface area (Å²) in [7, 11) is 0. The van der Waals surface area contributed by atoms with E-state index in [2.05, 4.69) is 27.7 Å². The van der Waals surface area contributed by atoms with Crippen molar-refractivity contribution >= 4 is 17.7 Å². The Morgan fingerprint density at radius 3 is 0.944 bits per heavy atom. The number of rotatable bonds is 32. The molecule has 0 radical (unpaired) electrons. The number of allylic oxidation sites excluding steroid dienone is 4. The van der Waals surface area contributed by atoms with E-state index in [-0.39, 0.29) is 10.8 Å². The summed E-state index contributed by atoms with van der Waals surface area (Å²) in [4.78, 5) is 36.1. The molecule has 0 saturated carbocycles. The molecule has 0 amide bonds. The molecule has 0 fully saturated rings. The van der Waals surface area contributed by atoms with Gasteiger partial charge >= 0.3 is 6.16 Å². The molecule has 0 bridgehead atoms. The highest BCUT2D eigenvalue weighted by Crippen LogP contribution is 2.42. The number of ketones is 2. The summed E-state index contributed by atoms with van der Waals surface area (Å²) in [5, 5.41) is 0. The van der Waals surface area contributed by atoms with Gasteiger partial charge in [0.05, 0.1) is 13.2 Å². The maximum atomic E-state index is 12.1. The van der Waals surface area contributed by atoms with Gasteiger partial charge in [-0.05, 0) is 87.2 Å². The molecule has 0 spiro atoms.